The average molecular weight is 422 g/mol. The van der Waals surface area contributed by atoms with E-state index in [1.807, 2.05) is 72.8 Å². The van der Waals surface area contributed by atoms with Crippen LogP contribution in [0.1, 0.15) is 16.8 Å². The molecular formula is C27H23N3O2. The second-order valence-electron chi connectivity index (χ2n) is 8.01. The van der Waals surface area contributed by atoms with Crippen LogP contribution in [0.3, 0.4) is 0 Å². The summed E-state index contributed by atoms with van der Waals surface area (Å²) in [6.07, 6.45) is 0.898. The molecule has 0 bridgehead atoms. The Balaban J connectivity index is 1.29. The van der Waals surface area contributed by atoms with Crippen molar-refractivity contribution < 1.29 is 4.79 Å². The highest BCUT2D eigenvalue weighted by Crippen LogP contribution is 2.21. The van der Waals surface area contributed by atoms with Gasteiger partial charge in [-0.3, -0.25) is 9.59 Å². The molecule has 158 valence electrons. The molecule has 5 rings (SSSR count). The summed E-state index contributed by atoms with van der Waals surface area (Å²) in [5, 5.41) is 0. The third kappa shape index (κ3) is 4.10. The molecule has 3 aromatic carbocycles. The van der Waals surface area contributed by atoms with Crippen LogP contribution in [0.4, 0.5) is 0 Å². The van der Waals surface area contributed by atoms with Crippen LogP contribution in [0.2, 0.25) is 0 Å². The molecule has 0 aliphatic carbocycles. The lowest BCUT2D eigenvalue weighted by atomic mass is 10.0. The lowest BCUT2D eigenvalue weighted by Crippen LogP contribution is -2.40. The van der Waals surface area contributed by atoms with E-state index in [4.69, 9.17) is 0 Å². The number of fused-ring (bicyclic) bond motifs is 1. The normalized spacial score (nSPS) is 12.9. The Kier molecular flexibility index (Phi) is 5.38. The third-order valence-corrected chi connectivity index (χ3v) is 5.88. The number of aromatic amines is 1. The lowest BCUT2D eigenvalue weighted by molar-refractivity contribution is -0.131. The molecule has 2 heterocycles. The van der Waals surface area contributed by atoms with Crippen LogP contribution in [-0.4, -0.2) is 27.3 Å². The van der Waals surface area contributed by atoms with Crippen LogP contribution in [-0.2, 0) is 24.2 Å². The molecule has 1 aliphatic rings. The standard InChI is InChI=1S/C27H23N3O2/c31-25(17-19-11-13-21(14-12-19)20-7-3-1-4-8-20)30-16-15-24-23(18-30)27(32)29-26(28-24)22-9-5-2-6-10-22/h1-14H,15-18H2,(H,28,29,32). The number of carbonyl (C=O) groups excluding carboxylic acids is 1. The molecule has 0 saturated carbocycles. The van der Waals surface area contributed by atoms with Crippen LogP contribution in [0.25, 0.3) is 22.5 Å². The number of rotatable bonds is 4. The predicted octanol–water partition coefficient (Wildman–Crippen LogP) is 4.23. The highest BCUT2D eigenvalue weighted by atomic mass is 16.2. The van der Waals surface area contributed by atoms with Crippen molar-refractivity contribution >= 4 is 5.91 Å². The van der Waals surface area contributed by atoms with Gasteiger partial charge in [-0.15, -0.1) is 0 Å². The zero-order valence-electron chi connectivity index (χ0n) is 17.6. The molecule has 4 aromatic rings. The topological polar surface area (TPSA) is 66.1 Å². The quantitative estimate of drug-likeness (QED) is 0.536. The fourth-order valence-corrected chi connectivity index (χ4v) is 4.10. The van der Waals surface area contributed by atoms with Gasteiger partial charge in [-0.05, 0) is 16.7 Å². The third-order valence-electron chi connectivity index (χ3n) is 5.88. The fourth-order valence-electron chi connectivity index (χ4n) is 4.10. The lowest BCUT2D eigenvalue weighted by Gasteiger charge is -2.28. The second kappa shape index (κ2) is 8.63. The number of nitrogens with one attached hydrogen (secondary N) is 1. The van der Waals surface area contributed by atoms with Crippen molar-refractivity contribution in [2.75, 3.05) is 6.54 Å². The largest absolute Gasteiger partial charge is 0.337 e. The smallest absolute Gasteiger partial charge is 0.256 e. The number of amides is 1. The molecule has 0 saturated heterocycles. The maximum atomic E-state index is 12.9. The molecule has 32 heavy (non-hydrogen) atoms. The molecule has 5 heteroatoms. The maximum Gasteiger partial charge on any atom is 0.256 e. The minimum absolute atomic E-state index is 0.0228. The van der Waals surface area contributed by atoms with Crippen molar-refractivity contribution in [2.45, 2.75) is 19.4 Å². The SMILES string of the molecule is O=C(Cc1ccc(-c2ccccc2)cc1)N1CCc2nc(-c3ccccc3)[nH]c(=O)c2C1. The van der Waals surface area contributed by atoms with Gasteiger partial charge in [0.1, 0.15) is 5.82 Å². The van der Waals surface area contributed by atoms with E-state index in [0.29, 0.717) is 37.3 Å². The molecule has 1 N–H and O–H groups in total. The number of benzene rings is 3. The van der Waals surface area contributed by atoms with Crippen molar-refractivity contribution in [2.24, 2.45) is 0 Å². The van der Waals surface area contributed by atoms with Crippen LogP contribution in [0, 0.1) is 0 Å². The van der Waals surface area contributed by atoms with Gasteiger partial charge in [0.15, 0.2) is 0 Å². The van der Waals surface area contributed by atoms with Gasteiger partial charge in [-0.2, -0.15) is 0 Å². The Morgan fingerprint density at radius 2 is 1.47 bits per heavy atom. The van der Waals surface area contributed by atoms with Gasteiger partial charge in [0.2, 0.25) is 5.91 Å². The molecule has 0 unspecified atom stereocenters. The molecule has 0 spiro atoms. The van der Waals surface area contributed by atoms with Gasteiger partial charge in [0.25, 0.3) is 5.56 Å². The summed E-state index contributed by atoms with van der Waals surface area (Å²) >= 11 is 0. The summed E-state index contributed by atoms with van der Waals surface area (Å²) < 4.78 is 0. The Morgan fingerprint density at radius 3 is 2.16 bits per heavy atom. The van der Waals surface area contributed by atoms with Crippen molar-refractivity contribution in [3.8, 4) is 22.5 Å². The Labute approximate surface area is 186 Å². The summed E-state index contributed by atoms with van der Waals surface area (Å²) in [5.41, 5.74) is 5.32. The summed E-state index contributed by atoms with van der Waals surface area (Å²) in [5.74, 6) is 0.599. The van der Waals surface area contributed by atoms with Gasteiger partial charge < -0.3 is 9.88 Å². The molecular weight excluding hydrogens is 398 g/mol. The zero-order valence-corrected chi connectivity index (χ0v) is 17.6. The van der Waals surface area contributed by atoms with Crippen LogP contribution in [0.5, 0.6) is 0 Å². The fraction of sp³-hybridized carbons (Fsp3) is 0.148. The summed E-state index contributed by atoms with van der Waals surface area (Å²) in [6, 6.07) is 27.9. The van der Waals surface area contributed by atoms with E-state index in [0.717, 1.165) is 27.9 Å². The van der Waals surface area contributed by atoms with Gasteiger partial charge in [-0.1, -0.05) is 84.9 Å². The minimum Gasteiger partial charge on any atom is -0.337 e. The van der Waals surface area contributed by atoms with Crippen LogP contribution < -0.4 is 5.56 Å². The van der Waals surface area contributed by atoms with Gasteiger partial charge in [-0.25, -0.2) is 4.98 Å². The number of hydrogen-bond acceptors (Lipinski definition) is 3. The Bertz CT molecular complexity index is 1300. The molecule has 0 fully saturated rings. The van der Waals surface area contributed by atoms with E-state index in [-0.39, 0.29) is 11.5 Å². The van der Waals surface area contributed by atoms with Gasteiger partial charge >= 0.3 is 0 Å². The summed E-state index contributed by atoms with van der Waals surface area (Å²) in [6.45, 7) is 0.867. The first-order chi connectivity index (χ1) is 15.7. The maximum absolute atomic E-state index is 12.9. The van der Waals surface area contributed by atoms with E-state index in [2.05, 4.69) is 22.1 Å². The first kappa shape index (κ1) is 19.9. The summed E-state index contributed by atoms with van der Waals surface area (Å²) in [7, 11) is 0. The highest BCUT2D eigenvalue weighted by Gasteiger charge is 2.24. The van der Waals surface area contributed by atoms with Gasteiger partial charge in [0.05, 0.1) is 24.2 Å². The number of aromatic nitrogens is 2. The molecule has 5 nitrogen and oxygen atoms in total. The average Bonchev–Trinajstić information content (AvgIpc) is 2.85. The number of H-pyrrole nitrogens is 1. The molecule has 1 aromatic heterocycles. The van der Waals surface area contributed by atoms with E-state index in [1.165, 1.54) is 0 Å². The van der Waals surface area contributed by atoms with Crippen molar-refractivity contribution in [3.05, 3.63) is 112 Å². The van der Waals surface area contributed by atoms with Crippen molar-refractivity contribution in [1.82, 2.24) is 14.9 Å². The van der Waals surface area contributed by atoms with E-state index in [9.17, 15) is 9.59 Å². The molecule has 0 atom stereocenters. The minimum atomic E-state index is -0.168. The van der Waals surface area contributed by atoms with Crippen molar-refractivity contribution in [1.29, 1.82) is 0 Å². The van der Waals surface area contributed by atoms with Crippen LogP contribution >= 0.6 is 0 Å². The van der Waals surface area contributed by atoms with E-state index < -0.39 is 0 Å². The van der Waals surface area contributed by atoms with Crippen molar-refractivity contribution in [3.63, 3.8) is 0 Å². The number of carbonyl (C=O) groups is 1. The number of hydrogen-bond donors (Lipinski definition) is 1. The van der Waals surface area contributed by atoms with E-state index in [1.54, 1.807) is 4.90 Å². The monoisotopic (exact) mass is 421 g/mol. The molecule has 0 radical (unpaired) electrons. The van der Waals surface area contributed by atoms with Gasteiger partial charge in [0, 0.05) is 18.5 Å². The Morgan fingerprint density at radius 1 is 0.844 bits per heavy atom. The van der Waals surface area contributed by atoms with E-state index >= 15 is 0 Å². The first-order valence-corrected chi connectivity index (χ1v) is 10.8. The first-order valence-electron chi connectivity index (χ1n) is 10.8. The predicted molar refractivity (Wildman–Crippen MR) is 125 cm³/mol. The second-order valence-corrected chi connectivity index (χ2v) is 8.01. The number of nitrogens with zero attached hydrogens (tertiary/aromatic N) is 2. The highest BCUT2D eigenvalue weighted by molar-refractivity contribution is 5.79. The molecule has 1 aliphatic heterocycles. The summed E-state index contributed by atoms with van der Waals surface area (Å²) in [4.78, 5) is 35.0. The van der Waals surface area contributed by atoms with Crippen LogP contribution in [0.15, 0.2) is 89.7 Å². The Hall–Kier alpha value is -3.99. The zero-order chi connectivity index (χ0) is 21.9. The molecule has 1 amide bonds.